The number of nitrogens with one attached hydrogen (secondary N) is 2. The van der Waals surface area contributed by atoms with Gasteiger partial charge in [0.1, 0.15) is 17.4 Å². The summed E-state index contributed by atoms with van der Waals surface area (Å²) in [5, 5.41) is 2.53. The highest BCUT2D eigenvalue weighted by Crippen LogP contribution is 2.29. The van der Waals surface area contributed by atoms with E-state index in [1.54, 1.807) is 6.92 Å². The summed E-state index contributed by atoms with van der Waals surface area (Å²) in [4.78, 5) is 11.3. The summed E-state index contributed by atoms with van der Waals surface area (Å²) >= 11 is 0. The van der Waals surface area contributed by atoms with E-state index in [1.807, 2.05) is 4.72 Å². The molecule has 25 heavy (non-hydrogen) atoms. The molecule has 0 aliphatic heterocycles. The van der Waals surface area contributed by atoms with E-state index in [2.05, 4.69) is 5.32 Å². The monoisotopic (exact) mass is 370 g/mol. The number of carbonyl (C=O) groups excluding carboxylic acids is 1. The molecular weight excluding hydrogens is 354 g/mol. The average Bonchev–Trinajstić information content (AvgIpc) is 2.57. The maximum atomic E-state index is 13.7. The number of halogens is 2. The minimum atomic E-state index is -4.16. The van der Waals surface area contributed by atoms with Gasteiger partial charge in [0.05, 0.1) is 23.4 Å². The van der Waals surface area contributed by atoms with E-state index in [4.69, 9.17) is 4.74 Å². The van der Waals surface area contributed by atoms with Crippen LogP contribution in [0.25, 0.3) is 0 Å². The highest BCUT2D eigenvalue weighted by Gasteiger charge is 2.19. The second-order valence-corrected chi connectivity index (χ2v) is 6.68. The van der Waals surface area contributed by atoms with Crippen molar-refractivity contribution in [2.24, 2.45) is 0 Å². The van der Waals surface area contributed by atoms with Crippen molar-refractivity contribution in [1.29, 1.82) is 0 Å². The smallest absolute Gasteiger partial charge is 0.262 e. The van der Waals surface area contributed by atoms with Gasteiger partial charge in [0, 0.05) is 12.5 Å². The van der Waals surface area contributed by atoms with E-state index >= 15 is 0 Å². The molecule has 0 aromatic heterocycles. The Morgan fingerprint density at radius 2 is 1.84 bits per heavy atom. The van der Waals surface area contributed by atoms with Gasteiger partial charge in [-0.15, -0.1) is 0 Å². The Labute approximate surface area is 143 Å². The summed E-state index contributed by atoms with van der Waals surface area (Å²) in [6, 6.07) is 6.27. The Morgan fingerprint density at radius 1 is 1.12 bits per heavy atom. The Hall–Kier alpha value is -2.68. The van der Waals surface area contributed by atoms with Crippen LogP contribution in [-0.2, 0) is 14.8 Å². The Balaban J connectivity index is 2.38. The standard InChI is InChI=1S/C16H16F2N2O4S/c1-3-16(21)19-14-9-11(5-7-15(14)24-2)25(22,23)20-13-6-4-10(17)8-12(13)18/h4-9,20H,3H2,1-2H3,(H,19,21). The van der Waals surface area contributed by atoms with Gasteiger partial charge in [0.25, 0.3) is 10.0 Å². The molecule has 6 nitrogen and oxygen atoms in total. The molecule has 0 fully saturated rings. The van der Waals surface area contributed by atoms with Crippen LogP contribution in [0.15, 0.2) is 41.3 Å². The van der Waals surface area contributed by atoms with Gasteiger partial charge < -0.3 is 10.1 Å². The second-order valence-electron chi connectivity index (χ2n) is 4.99. The lowest BCUT2D eigenvalue weighted by Gasteiger charge is -2.13. The Morgan fingerprint density at radius 3 is 2.44 bits per heavy atom. The van der Waals surface area contributed by atoms with Crippen molar-refractivity contribution in [3.8, 4) is 5.75 Å². The zero-order chi connectivity index (χ0) is 18.6. The Bertz CT molecular complexity index is 901. The molecule has 9 heteroatoms. The van der Waals surface area contributed by atoms with Crippen LogP contribution < -0.4 is 14.8 Å². The fraction of sp³-hybridized carbons (Fsp3) is 0.188. The van der Waals surface area contributed by atoms with Crippen LogP contribution in [0.2, 0.25) is 0 Å². The molecule has 0 bridgehead atoms. The molecule has 2 rings (SSSR count). The molecule has 0 saturated carbocycles. The number of carbonyl (C=O) groups is 1. The van der Waals surface area contributed by atoms with Crippen LogP contribution >= 0.6 is 0 Å². The molecule has 0 atom stereocenters. The van der Waals surface area contributed by atoms with E-state index in [1.165, 1.54) is 25.3 Å². The first kappa shape index (κ1) is 18.7. The summed E-state index contributed by atoms with van der Waals surface area (Å²) in [5.74, 6) is -1.93. The van der Waals surface area contributed by atoms with Gasteiger partial charge in [-0.3, -0.25) is 9.52 Å². The summed E-state index contributed by atoms with van der Waals surface area (Å²) in [7, 11) is -2.79. The topological polar surface area (TPSA) is 84.5 Å². The van der Waals surface area contributed by atoms with Gasteiger partial charge in [-0.2, -0.15) is 0 Å². The predicted molar refractivity (Wildman–Crippen MR) is 89.1 cm³/mol. The number of sulfonamides is 1. The summed E-state index contributed by atoms with van der Waals surface area (Å²) in [6.07, 6.45) is 0.194. The molecule has 0 aliphatic carbocycles. The van der Waals surface area contributed by atoms with Gasteiger partial charge in [-0.1, -0.05) is 6.92 Å². The molecule has 0 spiro atoms. The molecule has 2 N–H and O–H groups in total. The number of amides is 1. The summed E-state index contributed by atoms with van der Waals surface area (Å²) < 4.78 is 58.5. The number of hydrogen-bond donors (Lipinski definition) is 2. The number of rotatable bonds is 6. The zero-order valence-electron chi connectivity index (χ0n) is 13.5. The van der Waals surface area contributed by atoms with Crippen LogP contribution in [0.3, 0.4) is 0 Å². The lowest BCUT2D eigenvalue weighted by Crippen LogP contribution is -2.16. The number of benzene rings is 2. The molecule has 2 aromatic carbocycles. The summed E-state index contributed by atoms with van der Waals surface area (Å²) in [6.45, 7) is 1.64. The van der Waals surface area contributed by atoms with E-state index in [0.29, 0.717) is 6.07 Å². The van der Waals surface area contributed by atoms with Crippen molar-refractivity contribution >= 4 is 27.3 Å². The first-order valence-electron chi connectivity index (χ1n) is 7.22. The van der Waals surface area contributed by atoms with Gasteiger partial charge in [-0.25, -0.2) is 17.2 Å². The number of anilines is 2. The molecular formula is C16H16F2N2O4S. The van der Waals surface area contributed by atoms with Crippen LogP contribution in [0, 0.1) is 11.6 Å². The van der Waals surface area contributed by atoms with E-state index < -0.39 is 27.3 Å². The van der Waals surface area contributed by atoms with Gasteiger partial charge in [0.15, 0.2) is 0 Å². The largest absolute Gasteiger partial charge is 0.495 e. The van der Waals surface area contributed by atoms with Gasteiger partial charge in [-0.05, 0) is 30.3 Å². The van der Waals surface area contributed by atoms with E-state index in [9.17, 15) is 22.0 Å². The predicted octanol–water partition coefficient (Wildman–Crippen LogP) is 3.12. The number of ether oxygens (including phenoxy) is 1. The van der Waals surface area contributed by atoms with Crippen LogP contribution in [0.4, 0.5) is 20.2 Å². The fourth-order valence-electron chi connectivity index (χ4n) is 1.97. The normalized spacial score (nSPS) is 11.0. The molecule has 0 heterocycles. The van der Waals surface area contributed by atoms with Crippen molar-refractivity contribution in [2.75, 3.05) is 17.1 Å². The van der Waals surface area contributed by atoms with Crippen LogP contribution in [0.5, 0.6) is 5.75 Å². The zero-order valence-corrected chi connectivity index (χ0v) is 14.3. The highest BCUT2D eigenvalue weighted by molar-refractivity contribution is 7.92. The van der Waals surface area contributed by atoms with Crippen LogP contribution in [-0.4, -0.2) is 21.4 Å². The number of methoxy groups -OCH3 is 1. The van der Waals surface area contributed by atoms with Crippen molar-refractivity contribution in [3.05, 3.63) is 48.0 Å². The van der Waals surface area contributed by atoms with E-state index in [0.717, 1.165) is 12.1 Å². The SMILES string of the molecule is CCC(=O)Nc1cc(S(=O)(=O)Nc2ccc(F)cc2F)ccc1OC. The van der Waals surface area contributed by atoms with Crippen molar-refractivity contribution < 1.29 is 26.7 Å². The Kier molecular flexibility index (Phi) is 5.58. The third kappa shape index (κ3) is 4.44. The highest BCUT2D eigenvalue weighted by atomic mass is 32.2. The van der Waals surface area contributed by atoms with Gasteiger partial charge in [0.2, 0.25) is 5.91 Å². The minimum Gasteiger partial charge on any atom is -0.495 e. The maximum absolute atomic E-state index is 13.7. The molecule has 2 aromatic rings. The maximum Gasteiger partial charge on any atom is 0.262 e. The van der Waals surface area contributed by atoms with Crippen molar-refractivity contribution in [3.63, 3.8) is 0 Å². The molecule has 134 valence electrons. The molecule has 0 radical (unpaired) electrons. The van der Waals surface area contributed by atoms with Gasteiger partial charge >= 0.3 is 0 Å². The third-order valence-corrected chi connectivity index (χ3v) is 4.62. The molecule has 0 unspecified atom stereocenters. The average molecular weight is 370 g/mol. The van der Waals surface area contributed by atoms with Crippen molar-refractivity contribution in [2.45, 2.75) is 18.2 Å². The van der Waals surface area contributed by atoms with E-state index in [-0.39, 0.29) is 28.7 Å². The van der Waals surface area contributed by atoms with Crippen molar-refractivity contribution in [1.82, 2.24) is 0 Å². The molecule has 0 aliphatic rings. The number of hydrogen-bond acceptors (Lipinski definition) is 4. The lowest BCUT2D eigenvalue weighted by atomic mass is 10.3. The fourth-order valence-corrected chi connectivity index (χ4v) is 3.06. The third-order valence-electron chi connectivity index (χ3n) is 3.25. The molecule has 1 amide bonds. The van der Waals surface area contributed by atoms with Crippen LogP contribution in [0.1, 0.15) is 13.3 Å². The molecule has 0 saturated heterocycles. The minimum absolute atomic E-state index is 0.164. The quantitative estimate of drug-likeness (QED) is 0.818. The summed E-state index contributed by atoms with van der Waals surface area (Å²) in [5.41, 5.74) is -0.229. The second kappa shape index (κ2) is 7.47. The lowest BCUT2D eigenvalue weighted by molar-refractivity contribution is -0.115. The first-order valence-corrected chi connectivity index (χ1v) is 8.71. The first-order chi connectivity index (χ1) is 11.8.